The zero-order valence-corrected chi connectivity index (χ0v) is 12.1. The van der Waals surface area contributed by atoms with E-state index in [1.807, 2.05) is 17.9 Å². The van der Waals surface area contributed by atoms with Crippen LogP contribution in [0.5, 0.6) is 0 Å². The van der Waals surface area contributed by atoms with E-state index in [1.165, 1.54) is 5.56 Å². The van der Waals surface area contributed by atoms with Gasteiger partial charge in [-0.1, -0.05) is 30.3 Å². The van der Waals surface area contributed by atoms with Crippen LogP contribution >= 0.6 is 0 Å². The highest BCUT2D eigenvalue weighted by Gasteiger charge is 2.23. The number of nitrogens with zero attached hydrogens (tertiary/aromatic N) is 1. The SMILES string of the molecule is CCOCC(=O)N1CCOC(CCc2ccccc2)C1. The standard InChI is InChI=1S/C16H23NO3/c1-2-19-13-16(18)17-10-11-20-15(12-17)9-8-14-6-4-3-5-7-14/h3-7,15H,2,8-13H2,1H3. The maximum absolute atomic E-state index is 11.9. The summed E-state index contributed by atoms with van der Waals surface area (Å²) in [6.07, 6.45) is 2.07. The maximum atomic E-state index is 11.9. The molecule has 0 N–H and O–H groups in total. The summed E-state index contributed by atoms with van der Waals surface area (Å²) in [5.41, 5.74) is 1.31. The van der Waals surface area contributed by atoms with E-state index < -0.39 is 0 Å². The van der Waals surface area contributed by atoms with E-state index in [1.54, 1.807) is 0 Å². The molecule has 4 nitrogen and oxygen atoms in total. The molecular formula is C16H23NO3. The molecule has 1 aliphatic heterocycles. The summed E-state index contributed by atoms with van der Waals surface area (Å²) in [5.74, 6) is 0.0693. The molecule has 1 unspecified atom stereocenters. The first kappa shape index (κ1) is 15.0. The molecule has 1 aromatic rings. The number of hydrogen-bond donors (Lipinski definition) is 0. The van der Waals surface area contributed by atoms with Crippen LogP contribution in [0.3, 0.4) is 0 Å². The molecule has 1 aromatic carbocycles. The van der Waals surface area contributed by atoms with Crippen LogP contribution in [-0.2, 0) is 20.7 Å². The summed E-state index contributed by atoms with van der Waals surface area (Å²) >= 11 is 0. The molecule has 4 heteroatoms. The number of hydrogen-bond acceptors (Lipinski definition) is 3. The molecule has 1 amide bonds. The van der Waals surface area contributed by atoms with Crippen LogP contribution < -0.4 is 0 Å². The third kappa shape index (κ3) is 4.62. The normalized spacial score (nSPS) is 19.1. The Labute approximate surface area is 120 Å². The number of benzene rings is 1. The van der Waals surface area contributed by atoms with Crippen molar-refractivity contribution in [1.29, 1.82) is 0 Å². The molecule has 20 heavy (non-hydrogen) atoms. The molecule has 1 aliphatic rings. The van der Waals surface area contributed by atoms with Gasteiger partial charge in [0.05, 0.1) is 12.7 Å². The third-order valence-corrected chi connectivity index (χ3v) is 3.52. The minimum absolute atomic E-state index is 0.0693. The minimum atomic E-state index is 0.0693. The lowest BCUT2D eigenvalue weighted by Crippen LogP contribution is -2.47. The summed E-state index contributed by atoms with van der Waals surface area (Å²) in [6.45, 7) is 4.63. The van der Waals surface area contributed by atoms with Crippen LogP contribution in [-0.4, -0.2) is 49.8 Å². The van der Waals surface area contributed by atoms with E-state index >= 15 is 0 Å². The number of morpholine rings is 1. The van der Waals surface area contributed by atoms with Gasteiger partial charge in [0.2, 0.25) is 5.91 Å². The Morgan fingerprint density at radius 1 is 1.40 bits per heavy atom. The second kappa shape index (κ2) is 8.02. The second-order valence-electron chi connectivity index (χ2n) is 4.99. The Morgan fingerprint density at radius 2 is 2.20 bits per heavy atom. The van der Waals surface area contributed by atoms with Gasteiger partial charge in [0.1, 0.15) is 6.61 Å². The summed E-state index contributed by atoms with van der Waals surface area (Å²) < 4.78 is 10.9. The van der Waals surface area contributed by atoms with Gasteiger partial charge in [0, 0.05) is 19.7 Å². The fourth-order valence-electron chi connectivity index (χ4n) is 2.37. The molecule has 0 bridgehead atoms. The monoisotopic (exact) mass is 277 g/mol. The van der Waals surface area contributed by atoms with Gasteiger partial charge in [-0.15, -0.1) is 0 Å². The van der Waals surface area contributed by atoms with E-state index in [2.05, 4.69) is 24.3 Å². The zero-order valence-electron chi connectivity index (χ0n) is 12.1. The molecule has 0 radical (unpaired) electrons. The Bertz CT molecular complexity index is 407. The van der Waals surface area contributed by atoms with Crippen molar-refractivity contribution in [2.45, 2.75) is 25.9 Å². The van der Waals surface area contributed by atoms with Gasteiger partial charge >= 0.3 is 0 Å². The number of carbonyl (C=O) groups is 1. The van der Waals surface area contributed by atoms with E-state index in [-0.39, 0.29) is 18.6 Å². The average molecular weight is 277 g/mol. The fourth-order valence-corrected chi connectivity index (χ4v) is 2.37. The van der Waals surface area contributed by atoms with Crippen LogP contribution in [0.2, 0.25) is 0 Å². The summed E-state index contributed by atoms with van der Waals surface area (Å²) in [7, 11) is 0. The maximum Gasteiger partial charge on any atom is 0.248 e. The molecule has 1 fully saturated rings. The highest BCUT2D eigenvalue weighted by atomic mass is 16.5. The summed E-state index contributed by atoms with van der Waals surface area (Å²) in [5, 5.41) is 0. The predicted octanol–water partition coefficient (Wildman–Crippen LogP) is 1.88. The van der Waals surface area contributed by atoms with Crippen molar-refractivity contribution in [3.8, 4) is 0 Å². The van der Waals surface area contributed by atoms with Crippen LogP contribution in [0.25, 0.3) is 0 Å². The van der Waals surface area contributed by atoms with Gasteiger partial charge in [0.25, 0.3) is 0 Å². The number of carbonyl (C=O) groups excluding carboxylic acids is 1. The van der Waals surface area contributed by atoms with Crippen LogP contribution in [0.15, 0.2) is 30.3 Å². The van der Waals surface area contributed by atoms with Crippen molar-refractivity contribution in [3.63, 3.8) is 0 Å². The Morgan fingerprint density at radius 3 is 2.95 bits per heavy atom. The first-order valence-corrected chi connectivity index (χ1v) is 7.30. The molecule has 0 saturated carbocycles. The lowest BCUT2D eigenvalue weighted by atomic mass is 10.1. The Hall–Kier alpha value is -1.39. The topological polar surface area (TPSA) is 38.8 Å². The molecule has 2 rings (SSSR count). The number of aryl methyl sites for hydroxylation is 1. The molecule has 0 aromatic heterocycles. The predicted molar refractivity (Wildman–Crippen MR) is 77.6 cm³/mol. The highest BCUT2D eigenvalue weighted by molar-refractivity contribution is 5.77. The average Bonchev–Trinajstić information content (AvgIpc) is 2.52. The third-order valence-electron chi connectivity index (χ3n) is 3.52. The van der Waals surface area contributed by atoms with Crippen LogP contribution in [0, 0.1) is 0 Å². The molecular weight excluding hydrogens is 254 g/mol. The fraction of sp³-hybridized carbons (Fsp3) is 0.562. The van der Waals surface area contributed by atoms with Gasteiger partial charge in [-0.2, -0.15) is 0 Å². The number of rotatable bonds is 6. The van der Waals surface area contributed by atoms with E-state index in [4.69, 9.17) is 9.47 Å². The molecule has 1 saturated heterocycles. The minimum Gasteiger partial charge on any atom is -0.375 e. The Balaban J connectivity index is 1.77. The van der Waals surface area contributed by atoms with Crippen molar-refractivity contribution in [3.05, 3.63) is 35.9 Å². The van der Waals surface area contributed by atoms with Crippen LogP contribution in [0.4, 0.5) is 0 Å². The summed E-state index contributed by atoms with van der Waals surface area (Å²) in [6, 6.07) is 10.4. The van der Waals surface area contributed by atoms with Crippen molar-refractivity contribution in [2.24, 2.45) is 0 Å². The van der Waals surface area contributed by atoms with Crippen molar-refractivity contribution in [1.82, 2.24) is 4.90 Å². The van der Waals surface area contributed by atoms with E-state index in [9.17, 15) is 4.79 Å². The van der Waals surface area contributed by atoms with Gasteiger partial charge < -0.3 is 14.4 Å². The van der Waals surface area contributed by atoms with Crippen LogP contribution in [0.1, 0.15) is 18.9 Å². The summed E-state index contributed by atoms with van der Waals surface area (Å²) in [4.78, 5) is 13.8. The smallest absolute Gasteiger partial charge is 0.248 e. The number of ether oxygens (including phenoxy) is 2. The van der Waals surface area contributed by atoms with Gasteiger partial charge in [-0.05, 0) is 25.3 Å². The molecule has 110 valence electrons. The first-order chi connectivity index (χ1) is 9.79. The molecule has 1 atom stereocenters. The van der Waals surface area contributed by atoms with E-state index in [0.29, 0.717) is 26.3 Å². The highest BCUT2D eigenvalue weighted by Crippen LogP contribution is 2.12. The second-order valence-corrected chi connectivity index (χ2v) is 4.99. The number of amides is 1. The van der Waals surface area contributed by atoms with Gasteiger partial charge in [-0.25, -0.2) is 0 Å². The molecule has 0 aliphatic carbocycles. The van der Waals surface area contributed by atoms with Gasteiger partial charge in [-0.3, -0.25) is 4.79 Å². The lowest BCUT2D eigenvalue weighted by Gasteiger charge is -2.33. The van der Waals surface area contributed by atoms with Crippen molar-refractivity contribution < 1.29 is 14.3 Å². The molecule has 0 spiro atoms. The Kier molecular flexibility index (Phi) is 6.02. The molecule has 1 heterocycles. The van der Waals surface area contributed by atoms with Crippen molar-refractivity contribution in [2.75, 3.05) is 32.9 Å². The van der Waals surface area contributed by atoms with Gasteiger partial charge in [0.15, 0.2) is 0 Å². The lowest BCUT2D eigenvalue weighted by molar-refractivity contribution is -0.143. The first-order valence-electron chi connectivity index (χ1n) is 7.30. The van der Waals surface area contributed by atoms with E-state index in [0.717, 1.165) is 12.8 Å². The zero-order chi connectivity index (χ0) is 14.2. The quantitative estimate of drug-likeness (QED) is 0.797. The largest absolute Gasteiger partial charge is 0.375 e. The van der Waals surface area contributed by atoms with Crippen molar-refractivity contribution >= 4 is 5.91 Å².